The minimum atomic E-state index is -0.116. The zero-order valence-corrected chi connectivity index (χ0v) is 9.18. The van der Waals surface area contributed by atoms with Gasteiger partial charge in [0.05, 0.1) is 24.3 Å². The molecule has 0 saturated carbocycles. The van der Waals surface area contributed by atoms with Crippen LogP contribution in [0.25, 0.3) is 0 Å². The van der Waals surface area contributed by atoms with Gasteiger partial charge in [0.25, 0.3) is 0 Å². The molecule has 0 fully saturated rings. The summed E-state index contributed by atoms with van der Waals surface area (Å²) < 4.78 is 5.07. The Morgan fingerprint density at radius 2 is 2.38 bits per heavy atom. The summed E-state index contributed by atoms with van der Waals surface area (Å²) in [6.07, 6.45) is 6.02. The van der Waals surface area contributed by atoms with Crippen LogP contribution in [0.3, 0.4) is 0 Å². The van der Waals surface area contributed by atoms with Crippen LogP contribution >= 0.6 is 0 Å². The maximum atomic E-state index is 5.59. The fourth-order valence-corrected chi connectivity index (χ4v) is 1.78. The van der Waals surface area contributed by atoms with Crippen molar-refractivity contribution >= 4 is 0 Å². The third-order valence-electron chi connectivity index (χ3n) is 2.62. The summed E-state index contributed by atoms with van der Waals surface area (Å²) in [5, 5.41) is 0. The molecule has 0 spiro atoms. The van der Waals surface area contributed by atoms with Crippen LogP contribution in [0, 0.1) is 0 Å². The molecule has 2 aromatic rings. The van der Waals surface area contributed by atoms with Crippen molar-refractivity contribution in [3.8, 4) is 0 Å². The van der Waals surface area contributed by atoms with Crippen molar-refractivity contribution in [3.63, 3.8) is 0 Å². The number of nitrogens with two attached hydrogens (primary N) is 1. The molecule has 84 valence electrons. The molecule has 4 heteroatoms. The summed E-state index contributed by atoms with van der Waals surface area (Å²) in [6, 6.07) is 5.77. The van der Waals surface area contributed by atoms with Gasteiger partial charge >= 0.3 is 0 Å². The van der Waals surface area contributed by atoms with Crippen molar-refractivity contribution in [2.24, 2.45) is 5.84 Å². The van der Waals surface area contributed by atoms with E-state index in [1.807, 2.05) is 12.1 Å². The summed E-state index contributed by atoms with van der Waals surface area (Å²) in [6.45, 7) is 2.10. The first-order valence-corrected chi connectivity index (χ1v) is 5.28. The van der Waals surface area contributed by atoms with Crippen LogP contribution in [0.15, 0.2) is 41.3 Å². The quantitative estimate of drug-likeness (QED) is 0.605. The number of aryl methyl sites for hydroxylation is 1. The van der Waals surface area contributed by atoms with E-state index in [2.05, 4.69) is 23.4 Å². The maximum absolute atomic E-state index is 5.59. The van der Waals surface area contributed by atoms with E-state index < -0.39 is 0 Å². The van der Waals surface area contributed by atoms with Gasteiger partial charge in [-0.05, 0) is 24.1 Å². The zero-order valence-electron chi connectivity index (χ0n) is 9.18. The molecule has 0 aromatic carbocycles. The smallest absolute Gasteiger partial charge is 0.0954 e. The minimum absolute atomic E-state index is 0.116. The second-order valence-corrected chi connectivity index (χ2v) is 3.56. The molecule has 2 heterocycles. The lowest BCUT2D eigenvalue weighted by Crippen LogP contribution is -2.30. The summed E-state index contributed by atoms with van der Waals surface area (Å²) in [7, 11) is 0. The SMILES string of the molecule is CCc1cccnc1C(NN)c1ccoc1. The Balaban J connectivity index is 2.41. The second-order valence-electron chi connectivity index (χ2n) is 3.56. The van der Waals surface area contributed by atoms with Crippen molar-refractivity contribution in [2.45, 2.75) is 19.4 Å². The van der Waals surface area contributed by atoms with E-state index in [1.54, 1.807) is 18.7 Å². The fourth-order valence-electron chi connectivity index (χ4n) is 1.78. The van der Waals surface area contributed by atoms with Gasteiger partial charge in [-0.1, -0.05) is 13.0 Å². The van der Waals surface area contributed by atoms with E-state index in [-0.39, 0.29) is 6.04 Å². The number of furan rings is 1. The molecule has 1 unspecified atom stereocenters. The highest BCUT2D eigenvalue weighted by Crippen LogP contribution is 2.22. The van der Waals surface area contributed by atoms with Crippen LogP contribution in [0.1, 0.15) is 29.8 Å². The number of hydrazine groups is 1. The van der Waals surface area contributed by atoms with Crippen LogP contribution in [0.5, 0.6) is 0 Å². The van der Waals surface area contributed by atoms with Gasteiger partial charge in [0.1, 0.15) is 0 Å². The minimum Gasteiger partial charge on any atom is -0.472 e. The number of rotatable bonds is 4. The fraction of sp³-hybridized carbons (Fsp3) is 0.250. The lowest BCUT2D eigenvalue weighted by atomic mass is 10.0. The van der Waals surface area contributed by atoms with Gasteiger partial charge in [-0.15, -0.1) is 0 Å². The van der Waals surface area contributed by atoms with Gasteiger partial charge in [-0.25, -0.2) is 5.43 Å². The summed E-state index contributed by atoms with van der Waals surface area (Å²) in [4.78, 5) is 4.39. The molecule has 2 rings (SSSR count). The second kappa shape index (κ2) is 4.92. The van der Waals surface area contributed by atoms with E-state index in [0.29, 0.717) is 0 Å². The van der Waals surface area contributed by atoms with E-state index in [1.165, 1.54) is 5.56 Å². The van der Waals surface area contributed by atoms with Crippen LogP contribution < -0.4 is 11.3 Å². The molecule has 2 aromatic heterocycles. The highest BCUT2D eigenvalue weighted by Gasteiger charge is 2.17. The molecular weight excluding hydrogens is 202 g/mol. The predicted molar refractivity (Wildman–Crippen MR) is 61.5 cm³/mol. The standard InChI is InChI=1S/C12H15N3O/c1-2-9-4-3-6-14-11(9)12(15-13)10-5-7-16-8-10/h3-8,12,15H,2,13H2,1H3. The van der Waals surface area contributed by atoms with Gasteiger partial charge < -0.3 is 4.42 Å². The van der Waals surface area contributed by atoms with Crippen LogP contribution in [0.4, 0.5) is 0 Å². The van der Waals surface area contributed by atoms with Crippen molar-refractivity contribution in [1.82, 2.24) is 10.4 Å². The van der Waals surface area contributed by atoms with E-state index in [4.69, 9.17) is 10.3 Å². The Labute approximate surface area is 94.5 Å². The predicted octanol–water partition coefficient (Wildman–Crippen LogP) is 1.79. The van der Waals surface area contributed by atoms with Crippen molar-refractivity contribution in [3.05, 3.63) is 53.7 Å². The first-order chi connectivity index (χ1) is 7.86. The summed E-state index contributed by atoms with van der Waals surface area (Å²) in [5.41, 5.74) is 5.89. The van der Waals surface area contributed by atoms with Gasteiger partial charge in [-0.2, -0.15) is 0 Å². The van der Waals surface area contributed by atoms with E-state index in [9.17, 15) is 0 Å². The number of aromatic nitrogens is 1. The van der Waals surface area contributed by atoms with Crippen LogP contribution in [0.2, 0.25) is 0 Å². The molecule has 0 aliphatic rings. The lowest BCUT2D eigenvalue weighted by Gasteiger charge is -2.16. The summed E-state index contributed by atoms with van der Waals surface area (Å²) in [5.74, 6) is 5.59. The highest BCUT2D eigenvalue weighted by molar-refractivity contribution is 5.30. The molecule has 16 heavy (non-hydrogen) atoms. The highest BCUT2D eigenvalue weighted by atomic mass is 16.3. The van der Waals surface area contributed by atoms with Crippen LogP contribution in [-0.4, -0.2) is 4.98 Å². The molecule has 0 saturated heterocycles. The monoisotopic (exact) mass is 217 g/mol. The van der Waals surface area contributed by atoms with E-state index in [0.717, 1.165) is 17.7 Å². The van der Waals surface area contributed by atoms with Crippen molar-refractivity contribution < 1.29 is 4.42 Å². The van der Waals surface area contributed by atoms with Gasteiger partial charge in [0, 0.05) is 11.8 Å². The molecular formula is C12H15N3O. The lowest BCUT2D eigenvalue weighted by molar-refractivity contribution is 0.550. The van der Waals surface area contributed by atoms with Crippen LogP contribution in [-0.2, 0) is 6.42 Å². The molecule has 0 aliphatic carbocycles. The number of hydrogen-bond donors (Lipinski definition) is 2. The number of nitrogens with one attached hydrogen (secondary N) is 1. The molecule has 0 bridgehead atoms. The first-order valence-electron chi connectivity index (χ1n) is 5.28. The number of hydrogen-bond acceptors (Lipinski definition) is 4. The van der Waals surface area contributed by atoms with Crippen molar-refractivity contribution in [1.29, 1.82) is 0 Å². The van der Waals surface area contributed by atoms with Gasteiger partial charge in [0.2, 0.25) is 0 Å². The number of nitrogens with zero attached hydrogens (tertiary/aromatic N) is 1. The summed E-state index contributed by atoms with van der Waals surface area (Å²) >= 11 is 0. The average molecular weight is 217 g/mol. The molecule has 3 N–H and O–H groups in total. The molecule has 0 aliphatic heterocycles. The molecule has 0 radical (unpaired) electrons. The third kappa shape index (κ3) is 1.98. The number of pyridine rings is 1. The zero-order chi connectivity index (χ0) is 11.4. The molecule has 4 nitrogen and oxygen atoms in total. The van der Waals surface area contributed by atoms with Crippen molar-refractivity contribution in [2.75, 3.05) is 0 Å². The molecule has 1 atom stereocenters. The Hall–Kier alpha value is -1.65. The largest absolute Gasteiger partial charge is 0.472 e. The first kappa shape index (κ1) is 10.9. The maximum Gasteiger partial charge on any atom is 0.0954 e. The van der Waals surface area contributed by atoms with Gasteiger partial charge in [0.15, 0.2) is 0 Å². The average Bonchev–Trinajstić information content (AvgIpc) is 2.84. The Morgan fingerprint density at radius 3 is 3.00 bits per heavy atom. The topological polar surface area (TPSA) is 64.1 Å². The van der Waals surface area contributed by atoms with E-state index >= 15 is 0 Å². The Morgan fingerprint density at radius 1 is 1.50 bits per heavy atom. The normalized spacial score (nSPS) is 12.6. The van der Waals surface area contributed by atoms with Gasteiger partial charge in [-0.3, -0.25) is 10.8 Å². The Bertz CT molecular complexity index is 439. The third-order valence-corrected chi connectivity index (χ3v) is 2.62. The Kier molecular flexibility index (Phi) is 3.34. The molecule has 0 amide bonds.